The van der Waals surface area contributed by atoms with E-state index in [4.69, 9.17) is 4.98 Å². The molecule has 0 spiro atoms. The number of nitrogens with one attached hydrogen (secondary N) is 1. The van der Waals surface area contributed by atoms with E-state index in [1.807, 2.05) is 20.0 Å². The highest BCUT2D eigenvalue weighted by atomic mass is 14.7. The Morgan fingerprint density at radius 3 is 2.59 bits per heavy atom. The molecule has 0 aliphatic heterocycles. The Kier molecular flexibility index (Phi) is 3.78. The summed E-state index contributed by atoms with van der Waals surface area (Å²) in [7, 11) is 0. The van der Waals surface area contributed by atoms with Gasteiger partial charge < -0.3 is 4.98 Å². The maximum absolute atomic E-state index is 9.48. The van der Waals surface area contributed by atoms with Crippen molar-refractivity contribution in [2.45, 2.75) is 53.4 Å². The third-order valence-corrected chi connectivity index (χ3v) is 6.21. The van der Waals surface area contributed by atoms with Gasteiger partial charge in [0, 0.05) is 34.5 Å². The summed E-state index contributed by atoms with van der Waals surface area (Å²) < 4.78 is 0. The number of pyridine rings is 1. The average Bonchev–Trinajstić information content (AvgIpc) is 3.22. The fraction of sp³-hybridized carbons (Fsp3) is 0.333. The summed E-state index contributed by atoms with van der Waals surface area (Å²) in [6.45, 7) is 13.0. The van der Waals surface area contributed by atoms with Crippen molar-refractivity contribution in [3.63, 3.8) is 0 Å². The lowest BCUT2D eigenvalue weighted by atomic mass is 9.73. The molecule has 2 aromatic heterocycles. The van der Waals surface area contributed by atoms with Crippen LogP contribution in [-0.4, -0.2) is 9.97 Å². The standard InChI is InChI=1S/C24H25N3/c1-13-9-14(2)23-18(7-8-26-23)22(13)24(5,6)17-10-19-15(3)20(12-25)16(4)27-21(19)11-17/h7-10,26H,11H2,1-6H3. The number of benzene rings is 1. The minimum atomic E-state index is -0.119. The van der Waals surface area contributed by atoms with Crippen LogP contribution in [0.15, 0.2) is 23.9 Å². The number of allylic oxidation sites excluding steroid dienone is 1. The second-order valence-corrected chi connectivity index (χ2v) is 8.29. The van der Waals surface area contributed by atoms with Gasteiger partial charge in [0.25, 0.3) is 0 Å². The maximum atomic E-state index is 9.48. The molecular weight excluding hydrogens is 330 g/mol. The lowest BCUT2D eigenvalue weighted by Gasteiger charge is -2.30. The molecule has 27 heavy (non-hydrogen) atoms. The molecule has 0 saturated heterocycles. The topological polar surface area (TPSA) is 52.5 Å². The summed E-state index contributed by atoms with van der Waals surface area (Å²) in [5, 5.41) is 10.8. The third-order valence-electron chi connectivity index (χ3n) is 6.21. The molecule has 3 aromatic rings. The first-order chi connectivity index (χ1) is 12.8. The molecule has 0 unspecified atom stereocenters. The van der Waals surface area contributed by atoms with Gasteiger partial charge in [0.1, 0.15) is 6.07 Å². The van der Waals surface area contributed by atoms with E-state index >= 15 is 0 Å². The van der Waals surface area contributed by atoms with Crippen molar-refractivity contribution in [3.8, 4) is 6.07 Å². The fourth-order valence-electron chi connectivity index (χ4n) is 4.81. The molecule has 0 saturated carbocycles. The smallest absolute Gasteiger partial charge is 0.101 e. The van der Waals surface area contributed by atoms with Crippen molar-refractivity contribution >= 4 is 17.0 Å². The number of nitrogens with zero attached hydrogens (tertiary/aromatic N) is 2. The van der Waals surface area contributed by atoms with Crippen LogP contribution in [0.25, 0.3) is 17.0 Å². The van der Waals surface area contributed by atoms with Crippen molar-refractivity contribution in [3.05, 3.63) is 68.7 Å². The molecule has 4 rings (SSSR count). The van der Waals surface area contributed by atoms with Crippen LogP contribution in [-0.2, 0) is 11.8 Å². The van der Waals surface area contributed by atoms with Gasteiger partial charge >= 0.3 is 0 Å². The third kappa shape index (κ3) is 2.44. The highest BCUT2D eigenvalue weighted by molar-refractivity contribution is 5.89. The van der Waals surface area contributed by atoms with E-state index in [0.29, 0.717) is 5.56 Å². The highest BCUT2D eigenvalue weighted by Crippen LogP contribution is 2.44. The van der Waals surface area contributed by atoms with Crippen molar-refractivity contribution in [2.75, 3.05) is 0 Å². The predicted octanol–water partition coefficient (Wildman–Crippen LogP) is 5.59. The van der Waals surface area contributed by atoms with Crippen molar-refractivity contribution in [1.82, 2.24) is 9.97 Å². The van der Waals surface area contributed by atoms with E-state index in [9.17, 15) is 5.26 Å². The van der Waals surface area contributed by atoms with Crippen LogP contribution in [0.1, 0.15) is 58.6 Å². The molecule has 1 aliphatic carbocycles. The molecule has 136 valence electrons. The zero-order valence-electron chi connectivity index (χ0n) is 16.9. The lowest BCUT2D eigenvalue weighted by Crippen LogP contribution is -2.22. The van der Waals surface area contributed by atoms with Gasteiger partial charge in [-0.2, -0.15) is 5.26 Å². The summed E-state index contributed by atoms with van der Waals surface area (Å²) >= 11 is 0. The monoisotopic (exact) mass is 355 g/mol. The first kappa shape index (κ1) is 17.5. The number of hydrogen-bond acceptors (Lipinski definition) is 2. The number of fused-ring (bicyclic) bond motifs is 2. The zero-order chi connectivity index (χ0) is 19.5. The van der Waals surface area contributed by atoms with Crippen LogP contribution in [0.3, 0.4) is 0 Å². The zero-order valence-corrected chi connectivity index (χ0v) is 16.9. The molecule has 1 aromatic carbocycles. The van der Waals surface area contributed by atoms with Gasteiger partial charge in [-0.1, -0.05) is 31.6 Å². The Morgan fingerprint density at radius 2 is 1.89 bits per heavy atom. The van der Waals surface area contributed by atoms with Gasteiger partial charge in [-0.3, -0.25) is 4.98 Å². The maximum Gasteiger partial charge on any atom is 0.101 e. The Labute approximate surface area is 160 Å². The number of aryl methyl sites for hydroxylation is 3. The summed E-state index contributed by atoms with van der Waals surface area (Å²) in [4.78, 5) is 8.15. The van der Waals surface area contributed by atoms with Crippen LogP contribution >= 0.6 is 0 Å². The number of rotatable bonds is 2. The van der Waals surface area contributed by atoms with Crippen molar-refractivity contribution in [1.29, 1.82) is 5.26 Å². The molecule has 1 N–H and O–H groups in total. The molecule has 3 nitrogen and oxygen atoms in total. The number of hydrogen-bond donors (Lipinski definition) is 1. The van der Waals surface area contributed by atoms with Gasteiger partial charge in [0.15, 0.2) is 0 Å². The van der Waals surface area contributed by atoms with Crippen LogP contribution in [0.2, 0.25) is 0 Å². The predicted molar refractivity (Wildman–Crippen MR) is 111 cm³/mol. The van der Waals surface area contributed by atoms with E-state index in [1.165, 1.54) is 33.2 Å². The van der Waals surface area contributed by atoms with Gasteiger partial charge in [-0.15, -0.1) is 0 Å². The van der Waals surface area contributed by atoms with Crippen LogP contribution in [0, 0.1) is 39.0 Å². The van der Waals surface area contributed by atoms with E-state index in [1.54, 1.807) is 0 Å². The highest BCUT2D eigenvalue weighted by Gasteiger charge is 2.33. The lowest BCUT2D eigenvalue weighted by molar-refractivity contribution is 0.614. The van der Waals surface area contributed by atoms with Crippen LogP contribution in [0.4, 0.5) is 0 Å². The molecule has 0 bridgehead atoms. The number of aromatic amines is 1. The number of nitriles is 1. The Balaban J connectivity index is 1.90. The summed E-state index contributed by atoms with van der Waals surface area (Å²) in [6, 6.07) is 6.79. The Morgan fingerprint density at radius 1 is 1.15 bits per heavy atom. The molecule has 1 aliphatic rings. The summed E-state index contributed by atoms with van der Waals surface area (Å²) in [6.07, 6.45) is 5.15. The molecule has 0 atom stereocenters. The van der Waals surface area contributed by atoms with E-state index in [-0.39, 0.29) is 5.41 Å². The molecule has 0 radical (unpaired) electrons. The fourth-order valence-corrected chi connectivity index (χ4v) is 4.81. The average molecular weight is 355 g/mol. The second-order valence-electron chi connectivity index (χ2n) is 8.29. The molecule has 2 heterocycles. The van der Waals surface area contributed by atoms with E-state index in [0.717, 1.165) is 28.9 Å². The van der Waals surface area contributed by atoms with Gasteiger partial charge in [-0.25, -0.2) is 0 Å². The van der Waals surface area contributed by atoms with Crippen LogP contribution in [0.5, 0.6) is 0 Å². The quantitative estimate of drug-likeness (QED) is 0.652. The Hall–Kier alpha value is -2.86. The molecule has 3 heteroatoms. The first-order valence-corrected chi connectivity index (χ1v) is 9.44. The first-order valence-electron chi connectivity index (χ1n) is 9.44. The molecule has 0 amide bonds. The minimum absolute atomic E-state index is 0.119. The minimum Gasteiger partial charge on any atom is -0.361 e. The molecule has 0 fully saturated rings. The number of H-pyrrole nitrogens is 1. The SMILES string of the molecule is Cc1cc(C)c2[nH]ccc2c1C(C)(C)C1=Cc2c(nc(C)c(C#N)c2C)C1. The van der Waals surface area contributed by atoms with E-state index in [2.05, 4.69) is 57.0 Å². The van der Waals surface area contributed by atoms with Crippen molar-refractivity contribution in [2.24, 2.45) is 0 Å². The summed E-state index contributed by atoms with van der Waals surface area (Å²) in [5.41, 5.74) is 11.3. The number of aromatic nitrogens is 2. The van der Waals surface area contributed by atoms with Gasteiger partial charge in [-0.05, 0) is 56.0 Å². The normalized spacial score (nSPS) is 13.6. The van der Waals surface area contributed by atoms with Crippen molar-refractivity contribution < 1.29 is 0 Å². The van der Waals surface area contributed by atoms with Crippen LogP contribution < -0.4 is 0 Å². The summed E-state index contributed by atoms with van der Waals surface area (Å²) in [5.74, 6) is 0. The Bertz CT molecular complexity index is 1170. The van der Waals surface area contributed by atoms with E-state index < -0.39 is 0 Å². The second kappa shape index (κ2) is 5.82. The molecular formula is C24H25N3. The van der Waals surface area contributed by atoms with Gasteiger partial charge in [0.05, 0.1) is 17.0 Å². The largest absolute Gasteiger partial charge is 0.361 e. The van der Waals surface area contributed by atoms with Gasteiger partial charge in [0.2, 0.25) is 0 Å².